The molecule has 9 nitrogen and oxygen atoms in total. The predicted molar refractivity (Wildman–Crippen MR) is 96.3 cm³/mol. The number of benzene rings is 2. The van der Waals surface area contributed by atoms with Crippen LogP contribution in [0.1, 0.15) is 11.4 Å². The summed E-state index contributed by atoms with van der Waals surface area (Å²) in [6, 6.07) is 15.9. The molecule has 11 heteroatoms. The van der Waals surface area contributed by atoms with Gasteiger partial charge < -0.3 is 0 Å². The van der Waals surface area contributed by atoms with E-state index in [9.17, 15) is 10.1 Å². The summed E-state index contributed by atoms with van der Waals surface area (Å²) in [6.07, 6.45) is 0. The molecule has 0 atom stereocenters. The van der Waals surface area contributed by atoms with E-state index in [4.69, 9.17) is 12.8 Å². The van der Waals surface area contributed by atoms with Crippen molar-refractivity contribution in [3.05, 3.63) is 76.1 Å². The third-order valence-corrected chi connectivity index (χ3v) is 5.62. The Labute approximate surface area is 159 Å². The summed E-state index contributed by atoms with van der Waals surface area (Å²) < 4.78 is 7.05. The second-order valence-corrected chi connectivity index (χ2v) is 7.29. The van der Waals surface area contributed by atoms with Gasteiger partial charge in [0.25, 0.3) is 0 Å². The summed E-state index contributed by atoms with van der Waals surface area (Å²) in [5, 5.41) is 19.1. The van der Waals surface area contributed by atoms with Gasteiger partial charge in [-0.25, -0.2) is 0 Å². The standard InChI is InChI=1S/C15H11N7O2SSe/c23-21(24)12-8-6-10(7-9-12)13-14(26-19-16-13)15-17-18-22(25)20(15)11-4-2-1-3-5-11/h1-9,16,19H. The van der Waals surface area contributed by atoms with Crippen LogP contribution in [-0.2, 0) is 12.8 Å². The number of non-ortho nitro benzene ring substituents is 1. The molecular formula is C15H11N7O2SSe. The maximum absolute atomic E-state index is 10.9. The minimum atomic E-state index is -0.421. The Kier molecular flexibility index (Phi) is 4.35. The number of aromatic nitrogens is 4. The van der Waals surface area contributed by atoms with Crippen molar-refractivity contribution in [3.8, 4) is 5.69 Å². The van der Waals surface area contributed by atoms with E-state index in [2.05, 4.69) is 20.2 Å². The Balaban J connectivity index is 1.82. The van der Waals surface area contributed by atoms with Crippen molar-refractivity contribution >= 4 is 43.8 Å². The molecule has 0 saturated heterocycles. The van der Waals surface area contributed by atoms with Crippen LogP contribution in [-0.4, -0.2) is 35.1 Å². The molecule has 2 heterocycles. The van der Waals surface area contributed by atoms with Crippen LogP contribution < -0.4 is 14.1 Å². The third kappa shape index (κ3) is 2.93. The van der Waals surface area contributed by atoms with Gasteiger partial charge in [-0.05, 0) is 0 Å². The molecule has 0 saturated carbocycles. The second-order valence-electron chi connectivity index (χ2n) is 5.25. The van der Waals surface area contributed by atoms with E-state index in [-0.39, 0.29) is 20.9 Å². The number of rotatable bonds is 4. The molecule has 3 aromatic rings. The number of hydrazine groups is 1. The van der Waals surface area contributed by atoms with Crippen LogP contribution in [0, 0.1) is 10.1 Å². The number of nitro benzene ring substituents is 1. The molecule has 0 aliphatic carbocycles. The first-order valence-electron chi connectivity index (χ1n) is 7.43. The monoisotopic (exact) mass is 433 g/mol. The quantitative estimate of drug-likeness (QED) is 0.201. The van der Waals surface area contributed by atoms with Crippen LogP contribution in [0.25, 0.3) is 15.9 Å². The van der Waals surface area contributed by atoms with Crippen molar-refractivity contribution in [1.82, 2.24) is 24.9 Å². The van der Waals surface area contributed by atoms with Crippen molar-refractivity contribution < 1.29 is 9.13 Å². The molecule has 0 amide bonds. The van der Waals surface area contributed by atoms with Crippen molar-refractivity contribution in [2.75, 3.05) is 0 Å². The van der Waals surface area contributed by atoms with E-state index in [0.29, 0.717) is 5.82 Å². The van der Waals surface area contributed by atoms with Gasteiger partial charge in [-0.2, -0.15) is 0 Å². The summed E-state index contributed by atoms with van der Waals surface area (Å²) >= 11 is 5.15. The first kappa shape index (κ1) is 16.6. The fourth-order valence-electron chi connectivity index (χ4n) is 2.52. The van der Waals surface area contributed by atoms with Crippen LogP contribution in [0.15, 0.2) is 54.6 Å². The number of para-hydroxylation sites is 1. The molecule has 4 rings (SSSR count). The van der Waals surface area contributed by atoms with Crippen LogP contribution in [0.2, 0.25) is 0 Å². The molecule has 0 spiro atoms. The average molecular weight is 432 g/mol. The number of hydrogen-bond acceptors (Lipinski definition) is 7. The normalized spacial score (nSPS) is 13.7. The summed E-state index contributed by atoms with van der Waals surface area (Å²) in [7, 11) is 0. The Hall–Kier alpha value is -2.85. The SMILES string of the molecule is O=[N+]([O-])c1ccc(C2=C(c3nn[n+]([S-])n3-c3ccccc3)[Se]NN2)cc1. The summed E-state index contributed by atoms with van der Waals surface area (Å²) in [5.74, 6) is 0.622. The number of nitrogens with one attached hydrogen (secondary N) is 2. The summed E-state index contributed by atoms with van der Waals surface area (Å²) in [5.41, 5.74) is 5.64. The van der Waals surface area contributed by atoms with E-state index < -0.39 is 4.92 Å². The predicted octanol–water partition coefficient (Wildman–Crippen LogP) is 0.326. The van der Waals surface area contributed by atoms with Gasteiger partial charge >= 0.3 is 160 Å². The second kappa shape index (κ2) is 6.81. The topological polar surface area (TPSA) is 102 Å². The van der Waals surface area contributed by atoms with E-state index >= 15 is 0 Å². The zero-order chi connectivity index (χ0) is 18.1. The van der Waals surface area contributed by atoms with Gasteiger partial charge in [-0.1, -0.05) is 0 Å². The minimum absolute atomic E-state index is 0.0446. The van der Waals surface area contributed by atoms with Crippen molar-refractivity contribution in [1.29, 1.82) is 0 Å². The molecular weight excluding hydrogens is 421 g/mol. The molecule has 130 valence electrons. The molecule has 0 fully saturated rings. The fraction of sp³-hybridized carbons (Fsp3) is 0. The van der Waals surface area contributed by atoms with Crippen LogP contribution in [0.5, 0.6) is 0 Å². The molecule has 26 heavy (non-hydrogen) atoms. The molecule has 0 bridgehead atoms. The summed E-state index contributed by atoms with van der Waals surface area (Å²) in [4.78, 5) is 10.4. The average Bonchev–Trinajstić information content (AvgIpc) is 3.29. The first-order valence-corrected chi connectivity index (χ1v) is 9.51. The van der Waals surface area contributed by atoms with Crippen molar-refractivity contribution in [3.63, 3.8) is 0 Å². The molecule has 1 aromatic heterocycles. The molecule has 2 N–H and O–H groups in total. The Bertz CT molecular complexity index is 1000. The Morgan fingerprint density at radius 3 is 2.58 bits per heavy atom. The van der Waals surface area contributed by atoms with E-state index in [1.54, 1.807) is 16.8 Å². The van der Waals surface area contributed by atoms with E-state index in [1.807, 2.05) is 30.3 Å². The maximum atomic E-state index is 10.9. The van der Waals surface area contributed by atoms with Gasteiger partial charge in [0, 0.05) is 0 Å². The Morgan fingerprint density at radius 1 is 1.15 bits per heavy atom. The van der Waals surface area contributed by atoms with Gasteiger partial charge in [0.2, 0.25) is 0 Å². The number of nitrogens with zero attached hydrogens (tertiary/aromatic N) is 5. The van der Waals surface area contributed by atoms with Crippen LogP contribution >= 0.6 is 0 Å². The zero-order valence-corrected chi connectivity index (χ0v) is 15.6. The number of tetrazole rings is 1. The van der Waals surface area contributed by atoms with E-state index in [0.717, 1.165) is 21.4 Å². The molecule has 1 aliphatic heterocycles. The van der Waals surface area contributed by atoms with Crippen LogP contribution in [0.3, 0.4) is 0 Å². The van der Waals surface area contributed by atoms with Gasteiger partial charge in [-0.3, -0.25) is 0 Å². The number of hydrogen-bond donors (Lipinski definition) is 2. The van der Waals surface area contributed by atoms with Crippen molar-refractivity contribution in [2.24, 2.45) is 0 Å². The molecule has 1 aliphatic rings. The zero-order valence-electron chi connectivity index (χ0n) is 13.1. The number of nitro groups is 1. The van der Waals surface area contributed by atoms with Crippen molar-refractivity contribution in [2.45, 2.75) is 0 Å². The third-order valence-electron chi connectivity index (χ3n) is 3.71. The fourth-order valence-corrected chi connectivity index (χ4v) is 4.29. The van der Waals surface area contributed by atoms with Gasteiger partial charge in [0.1, 0.15) is 0 Å². The molecule has 2 aromatic carbocycles. The van der Waals surface area contributed by atoms with Crippen LogP contribution in [0.4, 0.5) is 5.69 Å². The molecule has 0 unspecified atom stereocenters. The van der Waals surface area contributed by atoms with Gasteiger partial charge in [0.05, 0.1) is 0 Å². The molecule has 0 radical (unpaired) electrons. The van der Waals surface area contributed by atoms with Gasteiger partial charge in [-0.15, -0.1) is 0 Å². The van der Waals surface area contributed by atoms with E-state index in [1.165, 1.54) is 16.3 Å². The Morgan fingerprint density at radius 2 is 1.88 bits per heavy atom. The van der Waals surface area contributed by atoms with Gasteiger partial charge in [0.15, 0.2) is 0 Å². The first-order chi connectivity index (χ1) is 12.6. The summed E-state index contributed by atoms with van der Waals surface area (Å²) in [6.45, 7) is 0.